The summed E-state index contributed by atoms with van der Waals surface area (Å²) < 4.78 is 5.72. The summed E-state index contributed by atoms with van der Waals surface area (Å²) in [6.07, 6.45) is 2.05. The maximum atomic E-state index is 12.5. The van der Waals surface area contributed by atoms with Gasteiger partial charge in [-0.3, -0.25) is 9.59 Å². The number of anilines is 1. The van der Waals surface area contributed by atoms with Crippen LogP contribution in [0.1, 0.15) is 28.8 Å². The first kappa shape index (κ1) is 20.2. The Morgan fingerprint density at radius 3 is 2.75 bits per heavy atom. The first-order valence-electron chi connectivity index (χ1n) is 9.36. The van der Waals surface area contributed by atoms with Crippen molar-refractivity contribution in [2.24, 2.45) is 0 Å². The fourth-order valence-corrected chi connectivity index (χ4v) is 3.53. The van der Waals surface area contributed by atoms with Crippen LogP contribution in [-0.2, 0) is 11.2 Å². The number of carbonyl (C=O) groups is 2. The number of hydrogen-bond acceptors (Lipinski definition) is 4. The molecule has 4 rings (SSSR count). The van der Waals surface area contributed by atoms with Gasteiger partial charge in [-0.25, -0.2) is 0 Å². The Morgan fingerprint density at radius 1 is 1.11 bits per heavy atom. The second kappa shape index (κ2) is 9.08. The van der Waals surface area contributed by atoms with Gasteiger partial charge in [0, 0.05) is 30.3 Å². The number of halogens is 1. The van der Waals surface area contributed by atoms with E-state index in [2.05, 4.69) is 16.0 Å². The van der Waals surface area contributed by atoms with Crippen LogP contribution in [-0.4, -0.2) is 37.0 Å². The Bertz CT molecular complexity index is 827. The summed E-state index contributed by atoms with van der Waals surface area (Å²) in [5, 5.41) is 9.19. The largest absolute Gasteiger partial charge is 0.480 e. The average Bonchev–Trinajstić information content (AvgIpc) is 3.13. The molecule has 0 spiro atoms. The lowest BCUT2D eigenvalue weighted by molar-refractivity contribution is -0.122. The van der Waals surface area contributed by atoms with Gasteiger partial charge >= 0.3 is 0 Å². The molecule has 2 atom stereocenters. The predicted octanol–water partition coefficient (Wildman–Crippen LogP) is 2.53. The molecule has 0 aromatic heterocycles. The van der Waals surface area contributed by atoms with Crippen molar-refractivity contribution in [3.8, 4) is 5.75 Å². The van der Waals surface area contributed by atoms with Crippen LogP contribution in [0.25, 0.3) is 0 Å². The zero-order valence-corrected chi connectivity index (χ0v) is 16.3. The van der Waals surface area contributed by atoms with E-state index >= 15 is 0 Å². The van der Waals surface area contributed by atoms with Crippen LogP contribution in [0.5, 0.6) is 5.75 Å². The molecule has 2 aliphatic heterocycles. The normalized spacial score (nSPS) is 20.3. The number of hydrogen-bond donors (Lipinski definition) is 3. The zero-order chi connectivity index (χ0) is 18.6. The SMILES string of the molecule is Cl.O=C(NC1CCCNC1)c1cccc(NC(=O)C2Cc3ccccc3O2)c1. The Labute approximate surface area is 170 Å². The Morgan fingerprint density at radius 2 is 1.96 bits per heavy atom. The van der Waals surface area contributed by atoms with Crippen molar-refractivity contribution >= 4 is 29.9 Å². The van der Waals surface area contributed by atoms with E-state index in [1.807, 2.05) is 24.3 Å². The number of carbonyl (C=O) groups excluding carboxylic acids is 2. The minimum absolute atomic E-state index is 0. The van der Waals surface area contributed by atoms with Crippen molar-refractivity contribution in [3.05, 3.63) is 59.7 Å². The summed E-state index contributed by atoms with van der Waals surface area (Å²) in [5.41, 5.74) is 2.16. The van der Waals surface area contributed by atoms with E-state index in [1.54, 1.807) is 24.3 Å². The molecule has 0 aliphatic carbocycles. The van der Waals surface area contributed by atoms with Gasteiger partial charge in [0.15, 0.2) is 6.10 Å². The smallest absolute Gasteiger partial charge is 0.265 e. The van der Waals surface area contributed by atoms with Crippen LogP contribution in [0.2, 0.25) is 0 Å². The number of nitrogens with one attached hydrogen (secondary N) is 3. The minimum atomic E-state index is -0.548. The van der Waals surface area contributed by atoms with Gasteiger partial charge in [-0.15, -0.1) is 12.4 Å². The van der Waals surface area contributed by atoms with Crippen molar-refractivity contribution in [2.75, 3.05) is 18.4 Å². The van der Waals surface area contributed by atoms with E-state index in [4.69, 9.17) is 4.74 Å². The molecule has 2 aromatic rings. The minimum Gasteiger partial charge on any atom is -0.480 e. The lowest BCUT2D eigenvalue weighted by atomic mass is 10.1. The Balaban J connectivity index is 0.00000225. The Hall–Kier alpha value is -2.57. The molecule has 2 aromatic carbocycles. The third-order valence-electron chi connectivity index (χ3n) is 4.96. The van der Waals surface area contributed by atoms with Crippen molar-refractivity contribution in [1.82, 2.24) is 10.6 Å². The second-order valence-corrected chi connectivity index (χ2v) is 7.01. The predicted molar refractivity (Wildman–Crippen MR) is 110 cm³/mol. The summed E-state index contributed by atoms with van der Waals surface area (Å²) in [5.74, 6) is 0.427. The molecule has 2 unspecified atom stereocenters. The number of para-hydroxylation sites is 1. The van der Waals surface area contributed by atoms with Gasteiger partial charge in [-0.2, -0.15) is 0 Å². The lowest BCUT2D eigenvalue weighted by Crippen LogP contribution is -2.45. The fourth-order valence-electron chi connectivity index (χ4n) is 3.53. The molecular formula is C21H24ClN3O3. The van der Waals surface area contributed by atoms with Gasteiger partial charge in [-0.1, -0.05) is 24.3 Å². The van der Waals surface area contributed by atoms with E-state index in [0.29, 0.717) is 17.7 Å². The quantitative estimate of drug-likeness (QED) is 0.735. The van der Waals surface area contributed by atoms with E-state index in [9.17, 15) is 9.59 Å². The molecule has 1 fully saturated rings. The first-order chi connectivity index (χ1) is 13.2. The summed E-state index contributed by atoms with van der Waals surface area (Å²) in [4.78, 5) is 25.0. The summed E-state index contributed by atoms with van der Waals surface area (Å²) in [7, 11) is 0. The number of piperidine rings is 1. The molecule has 0 radical (unpaired) electrons. The molecule has 7 heteroatoms. The highest BCUT2D eigenvalue weighted by Gasteiger charge is 2.28. The molecule has 2 aliphatic rings. The van der Waals surface area contributed by atoms with Crippen molar-refractivity contribution in [3.63, 3.8) is 0 Å². The maximum Gasteiger partial charge on any atom is 0.265 e. The highest BCUT2D eigenvalue weighted by molar-refractivity contribution is 5.98. The first-order valence-corrected chi connectivity index (χ1v) is 9.36. The Kier molecular flexibility index (Phi) is 6.54. The van der Waals surface area contributed by atoms with Crippen LogP contribution in [0, 0.1) is 0 Å². The summed E-state index contributed by atoms with van der Waals surface area (Å²) in [6.45, 7) is 1.79. The standard InChI is InChI=1S/C21H23N3O3.ClH/c25-20(24-17-8-4-10-22-13-17)15-6-3-7-16(11-15)23-21(26)19-12-14-5-1-2-9-18(14)27-19;/h1-3,5-7,9,11,17,19,22H,4,8,10,12-13H2,(H,23,26)(H,24,25);1H. The van der Waals surface area contributed by atoms with Gasteiger partial charge in [0.05, 0.1) is 0 Å². The highest BCUT2D eigenvalue weighted by Crippen LogP contribution is 2.28. The molecule has 3 N–H and O–H groups in total. The van der Waals surface area contributed by atoms with Crippen LogP contribution in [0.4, 0.5) is 5.69 Å². The topological polar surface area (TPSA) is 79.5 Å². The second-order valence-electron chi connectivity index (χ2n) is 7.01. The van der Waals surface area contributed by atoms with Gasteiger partial charge in [0.1, 0.15) is 5.75 Å². The van der Waals surface area contributed by atoms with E-state index < -0.39 is 6.10 Å². The number of fused-ring (bicyclic) bond motifs is 1. The zero-order valence-electron chi connectivity index (χ0n) is 15.4. The molecule has 0 saturated carbocycles. The van der Waals surface area contributed by atoms with Gasteiger partial charge in [0.2, 0.25) is 0 Å². The van der Waals surface area contributed by atoms with Gasteiger partial charge in [-0.05, 0) is 49.2 Å². The maximum absolute atomic E-state index is 12.5. The summed E-state index contributed by atoms with van der Waals surface area (Å²) in [6, 6.07) is 14.8. The molecule has 6 nitrogen and oxygen atoms in total. The average molecular weight is 402 g/mol. The summed E-state index contributed by atoms with van der Waals surface area (Å²) >= 11 is 0. The van der Waals surface area contributed by atoms with Gasteiger partial charge in [0.25, 0.3) is 11.8 Å². The van der Waals surface area contributed by atoms with Crippen molar-refractivity contribution in [1.29, 1.82) is 0 Å². The van der Waals surface area contributed by atoms with Crippen molar-refractivity contribution in [2.45, 2.75) is 31.4 Å². The molecule has 0 bridgehead atoms. The molecular weight excluding hydrogens is 378 g/mol. The monoisotopic (exact) mass is 401 g/mol. The van der Waals surface area contributed by atoms with E-state index in [0.717, 1.165) is 37.2 Å². The number of amides is 2. The van der Waals surface area contributed by atoms with Crippen molar-refractivity contribution < 1.29 is 14.3 Å². The number of benzene rings is 2. The third kappa shape index (κ3) is 4.64. The lowest BCUT2D eigenvalue weighted by Gasteiger charge is -2.23. The highest BCUT2D eigenvalue weighted by atomic mass is 35.5. The molecule has 148 valence electrons. The van der Waals surface area contributed by atoms with Crippen LogP contribution >= 0.6 is 12.4 Å². The van der Waals surface area contributed by atoms with Gasteiger partial charge < -0.3 is 20.7 Å². The fraction of sp³-hybridized carbons (Fsp3) is 0.333. The number of ether oxygens (including phenoxy) is 1. The van der Waals surface area contributed by atoms with E-state index in [-0.39, 0.29) is 30.3 Å². The van der Waals surface area contributed by atoms with Crippen LogP contribution in [0.3, 0.4) is 0 Å². The molecule has 28 heavy (non-hydrogen) atoms. The van der Waals surface area contributed by atoms with Crippen LogP contribution < -0.4 is 20.7 Å². The van der Waals surface area contributed by atoms with E-state index in [1.165, 1.54) is 0 Å². The molecule has 2 heterocycles. The molecule has 2 amide bonds. The third-order valence-corrected chi connectivity index (χ3v) is 4.96. The van der Waals surface area contributed by atoms with Crippen LogP contribution in [0.15, 0.2) is 48.5 Å². The number of rotatable bonds is 4. The molecule has 1 saturated heterocycles.